The number of hydrogen-bond acceptors (Lipinski definition) is 3. The van der Waals surface area contributed by atoms with Crippen LogP contribution >= 0.6 is 0 Å². The quantitative estimate of drug-likeness (QED) is 0.585. The SMILES string of the molecule is O=C(NO)c1ccc(C(=O)NC/C=C/c2ccccc2)cc1. The third-order valence-corrected chi connectivity index (χ3v) is 3.00. The first-order chi connectivity index (χ1) is 10.7. The summed E-state index contributed by atoms with van der Waals surface area (Å²) in [5.74, 6) is -0.841. The van der Waals surface area contributed by atoms with Crippen LogP contribution in [0.3, 0.4) is 0 Å². The highest BCUT2D eigenvalue weighted by Crippen LogP contribution is 2.04. The predicted molar refractivity (Wildman–Crippen MR) is 83.5 cm³/mol. The Hall–Kier alpha value is -2.92. The number of hydroxylamine groups is 1. The lowest BCUT2D eigenvalue weighted by molar-refractivity contribution is 0.0706. The van der Waals surface area contributed by atoms with Crippen molar-refractivity contribution in [3.8, 4) is 0 Å². The zero-order chi connectivity index (χ0) is 15.8. The Morgan fingerprint density at radius 2 is 1.50 bits per heavy atom. The summed E-state index contributed by atoms with van der Waals surface area (Å²) in [7, 11) is 0. The molecular weight excluding hydrogens is 280 g/mol. The van der Waals surface area contributed by atoms with Crippen LogP contribution in [-0.2, 0) is 0 Å². The van der Waals surface area contributed by atoms with Gasteiger partial charge in [-0.1, -0.05) is 42.5 Å². The molecule has 0 unspecified atom stereocenters. The fraction of sp³-hybridized carbons (Fsp3) is 0.0588. The molecule has 22 heavy (non-hydrogen) atoms. The monoisotopic (exact) mass is 296 g/mol. The van der Waals surface area contributed by atoms with Crippen LogP contribution in [0, 0.1) is 0 Å². The minimum atomic E-state index is -0.613. The van der Waals surface area contributed by atoms with Crippen LogP contribution in [0.2, 0.25) is 0 Å². The molecule has 2 aromatic rings. The number of carbonyl (C=O) groups is 2. The molecule has 5 nitrogen and oxygen atoms in total. The second kappa shape index (κ2) is 7.75. The second-order valence-electron chi connectivity index (χ2n) is 4.54. The number of hydrogen-bond donors (Lipinski definition) is 3. The van der Waals surface area contributed by atoms with Gasteiger partial charge in [-0.15, -0.1) is 0 Å². The van der Waals surface area contributed by atoms with E-state index in [0.717, 1.165) is 5.56 Å². The van der Waals surface area contributed by atoms with Crippen LogP contribution in [0.5, 0.6) is 0 Å². The van der Waals surface area contributed by atoms with Gasteiger partial charge in [0, 0.05) is 17.7 Å². The van der Waals surface area contributed by atoms with E-state index in [1.54, 1.807) is 0 Å². The van der Waals surface area contributed by atoms with Crippen LogP contribution in [0.25, 0.3) is 6.08 Å². The lowest BCUT2D eigenvalue weighted by Crippen LogP contribution is -2.23. The molecule has 0 bridgehead atoms. The molecule has 0 aromatic heterocycles. The highest BCUT2D eigenvalue weighted by molar-refractivity contribution is 5.97. The molecule has 0 radical (unpaired) electrons. The topological polar surface area (TPSA) is 78.4 Å². The third kappa shape index (κ3) is 4.29. The van der Waals surface area contributed by atoms with Gasteiger partial charge in [0.05, 0.1) is 0 Å². The van der Waals surface area contributed by atoms with E-state index in [1.807, 2.05) is 42.5 Å². The summed E-state index contributed by atoms with van der Waals surface area (Å²) >= 11 is 0. The Balaban J connectivity index is 1.87. The predicted octanol–water partition coefficient (Wildman–Crippen LogP) is 2.25. The molecule has 112 valence electrons. The highest BCUT2D eigenvalue weighted by Gasteiger charge is 2.07. The summed E-state index contributed by atoms with van der Waals surface area (Å²) in [6.45, 7) is 0.409. The van der Waals surface area contributed by atoms with E-state index in [2.05, 4.69) is 5.32 Å². The van der Waals surface area contributed by atoms with Gasteiger partial charge in [-0.2, -0.15) is 0 Å². The first kappa shape index (κ1) is 15.5. The van der Waals surface area contributed by atoms with Gasteiger partial charge in [-0.25, -0.2) is 5.48 Å². The number of carbonyl (C=O) groups excluding carboxylic acids is 2. The van der Waals surface area contributed by atoms with Gasteiger partial charge in [0.15, 0.2) is 0 Å². The molecule has 0 aliphatic heterocycles. The van der Waals surface area contributed by atoms with Crippen LogP contribution in [-0.4, -0.2) is 23.6 Å². The van der Waals surface area contributed by atoms with E-state index in [-0.39, 0.29) is 11.5 Å². The van der Waals surface area contributed by atoms with Gasteiger partial charge in [0.2, 0.25) is 0 Å². The summed E-state index contributed by atoms with van der Waals surface area (Å²) in [5, 5.41) is 11.3. The van der Waals surface area contributed by atoms with Gasteiger partial charge < -0.3 is 5.32 Å². The van der Waals surface area contributed by atoms with Gasteiger partial charge in [-0.05, 0) is 29.8 Å². The minimum absolute atomic E-state index is 0.228. The molecular formula is C17H16N2O3. The fourth-order valence-electron chi connectivity index (χ4n) is 1.85. The lowest BCUT2D eigenvalue weighted by atomic mass is 10.1. The van der Waals surface area contributed by atoms with Gasteiger partial charge in [0.1, 0.15) is 0 Å². The summed E-state index contributed by atoms with van der Waals surface area (Å²) in [5.41, 5.74) is 3.33. The maximum atomic E-state index is 11.9. The molecule has 2 amide bonds. The second-order valence-corrected chi connectivity index (χ2v) is 4.54. The van der Waals surface area contributed by atoms with Crippen molar-refractivity contribution in [3.05, 3.63) is 77.4 Å². The molecule has 5 heteroatoms. The normalized spacial score (nSPS) is 10.4. The van der Waals surface area contributed by atoms with Gasteiger partial charge >= 0.3 is 0 Å². The summed E-state index contributed by atoms with van der Waals surface area (Å²) in [4.78, 5) is 23.1. The standard InChI is InChI=1S/C17H16N2O3/c20-16(14-8-10-15(11-9-14)17(21)19-22)18-12-4-7-13-5-2-1-3-6-13/h1-11,22H,12H2,(H,18,20)(H,19,21)/b7-4+. The van der Waals surface area contributed by atoms with E-state index in [4.69, 9.17) is 5.21 Å². The van der Waals surface area contributed by atoms with E-state index in [9.17, 15) is 9.59 Å². The zero-order valence-corrected chi connectivity index (χ0v) is 11.8. The zero-order valence-electron chi connectivity index (χ0n) is 11.8. The summed E-state index contributed by atoms with van der Waals surface area (Å²) in [6.07, 6.45) is 3.79. The van der Waals surface area contributed by atoms with Crippen molar-refractivity contribution in [1.82, 2.24) is 10.8 Å². The molecule has 2 aromatic carbocycles. The minimum Gasteiger partial charge on any atom is -0.349 e. The van der Waals surface area contributed by atoms with E-state index < -0.39 is 5.91 Å². The number of nitrogens with one attached hydrogen (secondary N) is 2. The Kier molecular flexibility index (Phi) is 5.45. The van der Waals surface area contributed by atoms with Crippen molar-refractivity contribution in [1.29, 1.82) is 0 Å². The van der Waals surface area contributed by atoms with Gasteiger partial charge in [-0.3, -0.25) is 14.8 Å². The summed E-state index contributed by atoms with van der Waals surface area (Å²) < 4.78 is 0. The Labute approximate surface area is 128 Å². The van der Waals surface area contributed by atoms with Crippen molar-refractivity contribution in [3.63, 3.8) is 0 Å². The first-order valence-corrected chi connectivity index (χ1v) is 6.75. The molecule has 0 heterocycles. The van der Waals surface area contributed by atoms with E-state index in [0.29, 0.717) is 12.1 Å². The van der Waals surface area contributed by atoms with Crippen molar-refractivity contribution in [2.45, 2.75) is 0 Å². The smallest absolute Gasteiger partial charge is 0.274 e. The molecule has 0 fully saturated rings. The lowest BCUT2D eigenvalue weighted by Gasteiger charge is -2.03. The van der Waals surface area contributed by atoms with E-state index in [1.165, 1.54) is 29.7 Å². The van der Waals surface area contributed by atoms with Crippen molar-refractivity contribution >= 4 is 17.9 Å². The number of benzene rings is 2. The van der Waals surface area contributed by atoms with Crippen LogP contribution in [0.15, 0.2) is 60.7 Å². The fourth-order valence-corrected chi connectivity index (χ4v) is 1.85. The first-order valence-electron chi connectivity index (χ1n) is 6.75. The number of amides is 2. The highest BCUT2D eigenvalue weighted by atomic mass is 16.5. The van der Waals surface area contributed by atoms with Crippen LogP contribution in [0.1, 0.15) is 26.3 Å². The molecule has 0 spiro atoms. The molecule has 0 aliphatic rings. The van der Waals surface area contributed by atoms with Crippen LogP contribution in [0.4, 0.5) is 0 Å². The maximum absolute atomic E-state index is 11.9. The Bertz CT molecular complexity index is 664. The molecule has 0 saturated heterocycles. The Morgan fingerprint density at radius 3 is 2.09 bits per heavy atom. The third-order valence-electron chi connectivity index (χ3n) is 3.00. The molecule has 2 rings (SSSR count). The van der Waals surface area contributed by atoms with Crippen molar-refractivity contribution in [2.24, 2.45) is 0 Å². The largest absolute Gasteiger partial charge is 0.349 e. The van der Waals surface area contributed by atoms with Crippen molar-refractivity contribution < 1.29 is 14.8 Å². The average molecular weight is 296 g/mol. The molecule has 3 N–H and O–H groups in total. The van der Waals surface area contributed by atoms with E-state index >= 15 is 0 Å². The molecule has 0 saturated carbocycles. The maximum Gasteiger partial charge on any atom is 0.274 e. The molecule has 0 aliphatic carbocycles. The van der Waals surface area contributed by atoms with Crippen LogP contribution < -0.4 is 10.8 Å². The Morgan fingerprint density at radius 1 is 0.909 bits per heavy atom. The number of rotatable bonds is 5. The average Bonchev–Trinajstić information content (AvgIpc) is 2.59. The van der Waals surface area contributed by atoms with Gasteiger partial charge in [0.25, 0.3) is 11.8 Å². The summed E-state index contributed by atoms with van der Waals surface area (Å²) in [6, 6.07) is 15.8. The molecule has 0 atom stereocenters. The van der Waals surface area contributed by atoms with Crippen molar-refractivity contribution in [2.75, 3.05) is 6.54 Å².